The number of nitriles is 1. The molecule has 1 fully saturated rings. The number of aryl methyl sites for hydroxylation is 2. The van der Waals surface area contributed by atoms with Crippen LogP contribution in [0.25, 0.3) is 0 Å². The Bertz CT molecular complexity index is 925. The zero-order valence-corrected chi connectivity index (χ0v) is 19.6. The minimum absolute atomic E-state index is 0.277. The van der Waals surface area contributed by atoms with Crippen LogP contribution in [0.1, 0.15) is 63.8 Å². The quantitative estimate of drug-likeness (QED) is 0.659. The third-order valence-corrected chi connectivity index (χ3v) is 5.55. The van der Waals surface area contributed by atoms with Gasteiger partial charge in [-0.25, -0.2) is 4.98 Å². The molecular formula is C25H36N6. The number of anilines is 3. The zero-order chi connectivity index (χ0) is 22.4. The van der Waals surface area contributed by atoms with Gasteiger partial charge in [0.2, 0.25) is 5.95 Å². The fraction of sp³-hybridized carbons (Fsp3) is 0.560. The first kappa shape index (κ1) is 23.0. The summed E-state index contributed by atoms with van der Waals surface area (Å²) in [6.07, 6.45) is 4.31. The molecule has 1 aliphatic rings. The summed E-state index contributed by atoms with van der Waals surface area (Å²) in [5.41, 5.74) is 3.80. The Labute approximate surface area is 187 Å². The van der Waals surface area contributed by atoms with E-state index in [0.717, 1.165) is 61.7 Å². The Kier molecular flexibility index (Phi) is 7.50. The molecule has 1 saturated heterocycles. The largest absolute Gasteiger partial charge is 0.355 e. The lowest BCUT2D eigenvalue weighted by molar-refractivity contribution is 0.328. The van der Waals surface area contributed by atoms with Gasteiger partial charge in [-0.05, 0) is 49.3 Å². The molecule has 0 radical (unpaired) electrons. The van der Waals surface area contributed by atoms with Crippen LogP contribution >= 0.6 is 0 Å². The Morgan fingerprint density at radius 2 is 2.03 bits per heavy atom. The molecule has 6 heteroatoms. The van der Waals surface area contributed by atoms with Crippen molar-refractivity contribution in [2.24, 2.45) is 5.41 Å². The van der Waals surface area contributed by atoms with Crippen LogP contribution in [-0.4, -0.2) is 35.6 Å². The van der Waals surface area contributed by atoms with Crippen LogP contribution in [0.3, 0.4) is 0 Å². The third kappa shape index (κ3) is 6.67. The van der Waals surface area contributed by atoms with Gasteiger partial charge in [0.15, 0.2) is 0 Å². The Hall–Kier alpha value is -2.65. The second-order valence-corrected chi connectivity index (χ2v) is 9.78. The fourth-order valence-corrected chi connectivity index (χ4v) is 3.84. The lowest BCUT2D eigenvalue weighted by atomic mass is 9.95. The molecule has 0 saturated carbocycles. The van der Waals surface area contributed by atoms with Crippen LogP contribution in [0.4, 0.5) is 17.5 Å². The van der Waals surface area contributed by atoms with Crippen molar-refractivity contribution >= 4 is 17.5 Å². The van der Waals surface area contributed by atoms with Crippen LogP contribution in [-0.2, 0) is 6.42 Å². The molecule has 3 rings (SSSR count). The van der Waals surface area contributed by atoms with E-state index in [0.29, 0.717) is 17.6 Å². The Morgan fingerprint density at radius 3 is 2.74 bits per heavy atom. The van der Waals surface area contributed by atoms with Crippen molar-refractivity contribution in [1.82, 2.24) is 15.3 Å². The van der Waals surface area contributed by atoms with E-state index in [1.807, 2.05) is 25.1 Å². The van der Waals surface area contributed by atoms with Crippen molar-refractivity contribution in [3.05, 3.63) is 41.1 Å². The smallest absolute Gasteiger partial charge is 0.229 e. The molecule has 0 amide bonds. The third-order valence-electron chi connectivity index (χ3n) is 5.55. The summed E-state index contributed by atoms with van der Waals surface area (Å²) in [6, 6.07) is 10.6. The molecule has 2 N–H and O–H groups in total. The van der Waals surface area contributed by atoms with E-state index in [4.69, 9.17) is 9.97 Å². The van der Waals surface area contributed by atoms with Gasteiger partial charge in [-0.2, -0.15) is 10.2 Å². The summed E-state index contributed by atoms with van der Waals surface area (Å²) in [7, 11) is 0. The standard InChI is InChI=1S/C25H36N6/c1-6-8-20-14-23(31-12-7-9-22(16-31)27-17-25(3,4)5)30-24(28-20)29-21-11-10-18(2)19(13-21)15-26/h10-11,13-14,22,27H,6-9,12,16-17H2,1-5H3,(H,28,29,30). The summed E-state index contributed by atoms with van der Waals surface area (Å²) in [6.45, 7) is 13.9. The van der Waals surface area contributed by atoms with E-state index in [2.05, 4.69) is 55.4 Å². The van der Waals surface area contributed by atoms with Gasteiger partial charge in [-0.3, -0.25) is 0 Å². The van der Waals surface area contributed by atoms with Crippen molar-refractivity contribution < 1.29 is 0 Å². The van der Waals surface area contributed by atoms with Crippen molar-refractivity contribution in [2.75, 3.05) is 29.9 Å². The van der Waals surface area contributed by atoms with Crippen LogP contribution in [0.15, 0.2) is 24.3 Å². The fourth-order valence-electron chi connectivity index (χ4n) is 3.84. The molecule has 2 heterocycles. The van der Waals surface area contributed by atoms with Crippen LogP contribution in [0.2, 0.25) is 0 Å². The van der Waals surface area contributed by atoms with Gasteiger partial charge in [0.1, 0.15) is 5.82 Å². The molecule has 1 atom stereocenters. The predicted molar refractivity (Wildman–Crippen MR) is 128 cm³/mol. The molecular weight excluding hydrogens is 384 g/mol. The molecule has 0 spiro atoms. The van der Waals surface area contributed by atoms with E-state index < -0.39 is 0 Å². The van der Waals surface area contributed by atoms with Crippen LogP contribution < -0.4 is 15.5 Å². The molecule has 6 nitrogen and oxygen atoms in total. The zero-order valence-electron chi connectivity index (χ0n) is 19.6. The molecule has 0 aliphatic carbocycles. The topological polar surface area (TPSA) is 76.9 Å². The molecule has 1 aromatic heterocycles. The van der Waals surface area contributed by atoms with Gasteiger partial charge in [-0.1, -0.05) is 40.2 Å². The number of rotatable bonds is 7. The molecule has 166 valence electrons. The second-order valence-electron chi connectivity index (χ2n) is 9.78. The van der Waals surface area contributed by atoms with Gasteiger partial charge >= 0.3 is 0 Å². The number of nitrogens with zero attached hydrogens (tertiary/aromatic N) is 4. The number of aromatic nitrogens is 2. The average Bonchev–Trinajstić information content (AvgIpc) is 2.73. The van der Waals surface area contributed by atoms with Gasteiger partial charge in [0.05, 0.1) is 11.6 Å². The molecule has 1 unspecified atom stereocenters. The van der Waals surface area contributed by atoms with Crippen LogP contribution in [0.5, 0.6) is 0 Å². The minimum Gasteiger partial charge on any atom is -0.355 e. The number of hydrogen-bond donors (Lipinski definition) is 2. The summed E-state index contributed by atoms with van der Waals surface area (Å²) in [5.74, 6) is 1.58. The first-order valence-electron chi connectivity index (χ1n) is 11.4. The number of piperidine rings is 1. The van der Waals surface area contributed by atoms with Gasteiger partial charge in [0.25, 0.3) is 0 Å². The van der Waals surface area contributed by atoms with Crippen molar-refractivity contribution in [3.8, 4) is 6.07 Å². The summed E-state index contributed by atoms with van der Waals surface area (Å²) >= 11 is 0. The monoisotopic (exact) mass is 420 g/mol. The Balaban J connectivity index is 1.80. The second kappa shape index (κ2) is 10.1. The summed E-state index contributed by atoms with van der Waals surface area (Å²) in [5, 5.41) is 16.4. The average molecular weight is 421 g/mol. The van der Waals surface area contributed by atoms with Crippen molar-refractivity contribution in [3.63, 3.8) is 0 Å². The molecule has 0 bridgehead atoms. The highest BCUT2D eigenvalue weighted by atomic mass is 15.2. The van der Waals surface area contributed by atoms with Gasteiger partial charge in [-0.15, -0.1) is 0 Å². The Morgan fingerprint density at radius 1 is 1.23 bits per heavy atom. The molecule has 31 heavy (non-hydrogen) atoms. The molecule has 1 aliphatic heterocycles. The maximum absolute atomic E-state index is 9.33. The highest BCUT2D eigenvalue weighted by molar-refractivity contribution is 5.59. The van der Waals surface area contributed by atoms with Crippen molar-refractivity contribution in [1.29, 1.82) is 5.26 Å². The van der Waals surface area contributed by atoms with E-state index in [-0.39, 0.29) is 5.41 Å². The summed E-state index contributed by atoms with van der Waals surface area (Å²) < 4.78 is 0. The first-order valence-corrected chi connectivity index (χ1v) is 11.4. The highest BCUT2D eigenvalue weighted by Crippen LogP contribution is 2.24. The van der Waals surface area contributed by atoms with E-state index in [9.17, 15) is 5.26 Å². The number of benzene rings is 1. The minimum atomic E-state index is 0.277. The first-order chi connectivity index (χ1) is 14.8. The van der Waals surface area contributed by atoms with Crippen LogP contribution in [0, 0.1) is 23.7 Å². The number of hydrogen-bond acceptors (Lipinski definition) is 6. The lowest BCUT2D eigenvalue weighted by Gasteiger charge is -2.35. The predicted octanol–water partition coefficient (Wildman–Crippen LogP) is 4.96. The van der Waals surface area contributed by atoms with Gasteiger partial charge in [0, 0.05) is 43.1 Å². The maximum Gasteiger partial charge on any atom is 0.229 e. The lowest BCUT2D eigenvalue weighted by Crippen LogP contribution is -2.48. The van der Waals surface area contributed by atoms with E-state index >= 15 is 0 Å². The molecule has 1 aromatic carbocycles. The van der Waals surface area contributed by atoms with E-state index in [1.165, 1.54) is 6.42 Å². The normalized spacial score (nSPS) is 16.8. The van der Waals surface area contributed by atoms with E-state index in [1.54, 1.807) is 0 Å². The molecule has 2 aromatic rings. The maximum atomic E-state index is 9.33. The number of nitrogens with one attached hydrogen (secondary N) is 2. The SMILES string of the molecule is CCCc1cc(N2CCCC(NCC(C)(C)C)C2)nc(Nc2ccc(C)c(C#N)c2)n1. The van der Waals surface area contributed by atoms with Crippen molar-refractivity contribution in [2.45, 2.75) is 66.3 Å². The van der Waals surface area contributed by atoms with Gasteiger partial charge < -0.3 is 15.5 Å². The summed E-state index contributed by atoms with van der Waals surface area (Å²) in [4.78, 5) is 12.0. The highest BCUT2D eigenvalue weighted by Gasteiger charge is 2.23.